The van der Waals surface area contributed by atoms with Crippen molar-refractivity contribution in [3.05, 3.63) is 25.6 Å². The highest BCUT2D eigenvalue weighted by Gasteiger charge is 2.11. The number of aliphatic imine (C=N–C) groups is 1. The fourth-order valence-corrected chi connectivity index (χ4v) is 4.09. The highest BCUT2D eigenvalue weighted by atomic mass is 79.9. The Hall–Kier alpha value is -0.580. The number of anilines is 1. The molecule has 0 aromatic heterocycles. The van der Waals surface area contributed by atoms with Gasteiger partial charge in [0.2, 0.25) is 5.91 Å². The van der Waals surface area contributed by atoms with Gasteiger partial charge < -0.3 is 16.8 Å². The Morgan fingerprint density at radius 1 is 1.30 bits per heavy atom. The van der Waals surface area contributed by atoms with Crippen molar-refractivity contribution in [3.63, 3.8) is 0 Å². The number of benzene rings is 1. The van der Waals surface area contributed by atoms with E-state index in [-0.39, 0.29) is 22.8 Å². The van der Waals surface area contributed by atoms with E-state index in [9.17, 15) is 4.79 Å². The van der Waals surface area contributed by atoms with Crippen LogP contribution in [-0.2, 0) is 4.79 Å². The van der Waals surface area contributed by atoms with Gasteiger partial charge in [-0.05, 0) is 44.0 Å². The summed E-state index contributed by atoms with van der Waals surface area (Å²) in [6.45, 7) is 0. The molecule has 0 heterocycles. The van der Waals surface area contributed by atoms with Crippen LogP contribution in [0.5, 0.6) is 0 Å². The van der Waals surface area contributed by atoms with Crippen molar-refractivity contribution < 1.29 is 4.79 Å². The molecule has 20 heavy (non-hydrogen) atoms. The van der Waals surface area contributed by atoms with Gasteiger partial charge in [0.25, 0.3) is 0 Å². The Balaban J connectivity index is 2.64. The number of nitrogens with one attached hydrogen (secondary N) is 2. The van der Waals surface area contributed by atoms with Crippen molar-refractivity contribution in [2.75, 3.05) is 11.1 Å². The molecule has 0 atom stereocenters. The predicted octanol–water partition coefficient (Wildman–Crippen LogP) is 2.85. The van der Waals surface area contributed by atoms with Crippen LogP contribution in [0.3, 0.4) is 0 Å². The maximum Gasteiger partial charge on any atom is 0.234 e. The SMILES string of the molecule is N=C(N=C(N)N)SCC(=O)Nc1c(Br)cc(Br)cc1Br. The molecule has 1 rings (SSSR count). The molecule has 0 aliphatic heterocycles. The third-order valence-corrected chi connectivity index (χ3v) is 4.32. The topological polar surface area (TPSA) is 117 Å². The molecular formula is C10H10Br3N5OS. The third kappa shape index (κ3) is 5.81. The van der Waals surface area contributed by atoms with Gasteiger partial charge in [0.15, 0.2) is 11.1 Å². The number of hydrogen-bond acceptors (Lipinski definition) is 3. The number of halogens is 3. The lowest BCUT2D eigenvalue weighted by Crippen LogP contribution is -2.24. The molecule has 0 aliphatic carbocycles. The van der Waals surface area contributed by atoms with E-state index in [4.69, 9.17) is 16.9 Å². The number of rotatable bonds is 3. The van der Waals surface area contributed by atoms with Gasteiger partial charge in [-0.25, -0.2) is 0 Å². The first-order valence-electron chi connectivity index (χ1n) is 5.05. The molecule has 0 fully saturated rings. The minimum atomic E-state index is -0.269. The number of guanidine groups is 1. The first-order chi connectivity index (χ1) is 9.29. The molecule has 10 heteroatoms. The van der Waals surface area contributed by atoms with Crippen molar-refractivity contribution in [2.45, 2.75) is 0 Å². The Kier molecular flexibility index (Phi) is 7.00. The fraction of sp³-hybridized carbons (Fsp3) is 0.100. The summed E-state index contributed by atoms with van der Waals surface area (Å²) >= 11 is 11.0. The second-order valence-electron chi connectivity index (χ2n) is 3.42. The minimum absolute atomic E-state index is 0.0323. The van der Waals surface area contributed by atoms with Gasteiger partial charge in [-0.2, -0.15) is 4.99 Å². The van der Waals surface area contributed by atoms with Gasteiger partial charge in [0.1, 0.15) is 0 Å². The number of amides is 1. The zero-order valence-electron chi connectivity index (χ0n) is 9.91. The Morgan fingerprint density at radius 3 is 2.35 bits per heavy atom. The lowest BCUT2D eigenvalue weighted by Gasteiger charge is -2.10. The highest BCUT2D eigenvalue weighted by Crippen LogP contribution is 2.34. The monoisotopic (exact) mass is 485 g/mol. The van der Waals surface area contributed by atoms with E-state index < -0.39 is 0 Å². The molecule has 6 nitrogen and oxygen atoms in total. The summed E-state index contributed by atoms with van der Waals surface area (Å²) in [7, 11) is 0. The number of nitrogens with two attached hydrogens (primary N) is 2. The molecule has 1 aromatic rings. The number of hydrogen-bond donors (Lipinski definition) is 4. The van der Waals surface area contributed by atoms with E-state index in [1.807, 2.05) is 12.1 Å². The maximum absolute atomic E-state index is 11.8. The standard InChI is InChI=1S/C10H10Br3N5OS/c11-4-1-5(12)8(6(13)2-4)17-7(19)3-20-10(16)18-9(14)15/h1-2H,3H2,(H,17,19)(H5,14,15,16,18). The van der Waals surface area contributed by atoms with Crippen molar-refractivity contribution in [2.24, 2.45) is 16.5 Å². The van der Waals surface area contributed by atoms with Crippen LogP contribution in [-0.4, -0.2) is 22.8 Å². The van der Waals surface area contributed by atoms with Crippen LogP contribution >= 0.6 is 59.6 Å². The molecule has 0 aliphatic rings. The van der Waals surface area contributed by atoms with Crippen LogP contribution in [0, 0.1) is 5.41 Å². The van der Waals surface area contributed by atoms with Gasteiger partial charge in [0.05, 0.1) is 11.4 Å². The number of thioether (sulfide) groups is 1. The second-order valence-corrected chi connectivity index (χ2v) is 7.01. The molecule has 1 amide bonds. The summed E-state index contributed by atoms with van der Waals surface area (Å²) in [6.07, 6.45) is 0. The summed E-state index contributed by atoms with van der Waals surface area (Å²) in [5.41, 5.74) is 10.9. The summed E-state index contributed by atoms with van der Waals surface area (Å²) in [6, 6.07) is 3.63. The van der Waals surface area contributed by atoms with E-state index in [1.54, 1.807) is 0 Å². The maximum atomic E-state index is 11.8. The van der Waals surface area contributed by atoms with Crippen molar-refractivity contribution >= 4 is 82.3 Å². The molecule has 1 aromatic carbocycles. The second kappa shape index (κ2) is 8.01. The summed E-state index contributed by atoms with van der Waals surface area (Å²) < 4.78 is 2.34. The van der Waals surface area contributed by atoms with E-state index in [0.717, 1.165) is 25.2 Å². The van der Waals surface area contributed by atoms with Crippen LogP contribution in [0.25, 0.3) is 0 Å². The van der Waals surface area contributed by atoms with Crippen molar-refractivity contribution in [3.8, 4) is 0 Å². The van der Waals surface area contributed by atoms with Crippen LogP contribution in [0.4, 0.5) is 5.69 Å². The average Bonchev–Trinajstić information content (AvgIpc) is 2.30. The molecule has 0 bridgehead atoms. The average molecular weight is 488 g/mol. The van der Waals surface area contributed by atoms with Gasteiger partial charge in [-0.3, -0.25) is 10.2 Å². The first kappa shape index (κ1) is 17.5. The quantitative estimate of drug-likeness (QED) is 0.387. The normalized spacial score (nSPS) is 9.95. The van der Waals surface area contributed by atoms with Crippen LogP contribution in [0.2, 0.25) is 0 Å². The smallest absolute Gasteiger partial charge is 0.234 e. The number of carbonyl (C=O) groups excluding carboxylic acids is 1. The zero-order chi connectivity index (χ0) is 15.3. The molecule has 0 unspecified atom stereocenters. The Labute approximate surface area is 145 Å². The molecule has 0 spiro atoms. The fourth-order valence-electron chi connectivity index (χ4n) is 1.12. The lowest BCUT2D eigenvalue weighted by molar-refractivity contribution is -0.113. The molecule has 0 saturated carbocycles. The first-order valence-corrected chi connectivity index (χ1v) is 8.41. The van der Waals surface area contributed by atoms with E-state index in [0.29, 0.717) is 5.69 Å². The minimum Gasteiger partial charge on any atom is -0.370 e. The van der Waals surface area contributed by atoms with Crippen LogP contribution < -0.4 is 16.8 Å². The third-order valence-electron chi connectivity index (χ3n) is 1.84. The number of nitrogens with zero attached hydrogens (tertiary/aromatic N) is 1. The Morgan fingerprint density at radius 2 is 1.85 bits per heavy atom. The molecule has 6 N–H and O–H groups in total. The number of amidine groups is 1. The molecule has 108 valence electrons. The van der Waals surface area contributed by atoms with Crippen LogP contribution in [0.1, 0.15) is 0 Å². The molecule has 0 saturated heterocycles. The van der Waals surface area contributed by atoms with Crippen LogP contribution in [0.15, 0.2) is 30.5 Å². The van der Waals surface area contributed by atoms with E-state index >= 15 is 0 Å². The largest absolute Gasteiger partial charge is 0.370 e. The number of carbonyl (C=O) groups is 1. The highest BCUT2D eigenvalue weighted by molar-refractivity contribution is 9.11. The lowest BCUT2D eigenvalue weighted by atomic mass is 10.3. The molecular weight excluding hydrogens is 478 g/mol. The predicted molar refractivity (Wildman–Crippen MR) is 94.2 cm³/mol. The van der Waals surface area contributed by atoms with Gasteiger partial charge in [-0.15, -0.1) is 0 Å². The van der Waals surface area contributed by atoms with Crippen molar-refractivity contribution in [1.29, 1.82) is 5.41 Å². The summed E-state index contributed by atoms with van der Waals surface area (Å²) in [4.78, 5) is 15.3. The zero-order valence-corrected chi connectivity index (χ0v) is 15.5. The van der Waals surface area contributed by atoms with Crippen molar-refractivity contribution in [1.82, 2.24) is 0 Å². The Bertz CT molecular complexity index is 551. The molecule has 0 radical (unpaired) electrons. The van der Waals surface area contributed by atoms with E-state index in [1.165, 1.54) is 0 Å². The van der Waals surface area contributed by atoms with E-state index in [2.05, 4.69) is 58.1 Å². The summed E-state index contributed by atoms with van der Waals surface area (Å²) in [5.74, 6) is -0.444. The van der Waals surface area contributed by atoms with Gasteiger partial charge in [0, 0.05) is 13.4 Å². The van der Waals surface area contributed by atoms with Gasteiger partial charge in [-0.1, -0.05) is 27.7 Å². The van der Waals surface area contributed by atoms with Gasteiger partial charge >= 0.3 is 0 Å². The summed E-state index contributed by atoms with van der Waals surface area (Å²) in [5, 5.41) is 10.0.